The predicted octanol–water partition coefficient (Wildman–Crippen LogP) is 1.61. The summed E-state index contributed by atoms with van der Waals surface area (Å²) in [6.45, 7) is 9.58. The number of piperidine rings is 1. The summed E-state index contributed by atoms with van der Waals surface area (Å²) in [4.78, 5) is 18.9. The number of carbonyl (C=O) groups is 1. The summed E-state index contributed by atoms with van der Waals surface area (Å²) in [6.07, 6.45) is 5.80. The first-order chi connectivity index (χ1) is 9.71. The van der Waals surface area contributed by atoms with Crippen LogP contribution in [0.4, 0.5) is 0 Å². The molecule has 5 nitrogen and oxygen atoms in total. The molecule has 20 heavy (non-hydrogen) atoms. The molecule has 112 valence electrons. The van der Waals surface area contributed by atoms with Gasteiger partial charge in [-0.2, -0.15) is 0 Å². The van der Waals surface area contributed by atoms with Crippen LogP contribution in [-0.4, -0.2) is 46.0 Å². The Bertz CT molecular complexity index is 439. The third-order valence-corrected chi connectivity index (χ3v) is 4.23. The summed E-state index contributed by atoms with van der Waals surface area (Å²) in [7, 11) is 0. The number of imidazole rings is 1. The first-order valence-electron chi connectivity index (χ1n) is 7.74. The summed E-state index contributed by atoms with van der Waals surface area (Å²) in [6, 6.07) is -0.0596. The van der Waals surface area contributed by atoms with Gasteiger partial charge in [0.25, 0.3) is 0 Å². The van der Waals surface area contributed by atoms with E-state index in [1.54, 1.807) is 0 Å². The van der Waals surface area contributed by atoms with Crippen LogP contribution in [0.5, 0.6) is 0 Å². The maximum absolute atomic E-state index is 12.5. The van der Waals surface area contributed by atoms with Gasteiger partial charge in [-0.05, 0) is 40.2 Å². The molecule has 2 rings (SSSR count). The van der Waals surface area contributed by atoms with E-state index in [-0.39, 0.29) is 11.9 Å². The van der Waals surface area contributed by atoms with E-state index in [0.717, 1.165) is 44.8 Å². The Kier molecular flexibility index (Phi) is 5.17. The predicted molar refractivity (Wildman–Crippen MR) is 79.6 cm³/mol. The largest absolute Gasteiger partial charge is 0.342 e. The fraction of sp³-hybridized carbons (Fsp3) is 0.733. The van der Waals surface area contributed by atoms with E-state index < -0.39 is 0 Å². The van der Waals surface area contributed by atoms with E-state index in [1.807, 2.05) is 31.1 Å². The number of nitrogens with zero attached hydrogens (tertiary/aromatic N) is 3. The van der Waals surface area contributed by atoms with Crippen LogP contribution in [-0.2, 0) is 11.3 Å². The lowest BCUT2D eigenvalue weighted by Crippen LogP contribution is -2.50. The number of aromatic nitrogens is 2. The molecule has 0 aliphatic carbocycles. The van der Waals surface area contributed by atoms with Crippen LogP contribution >= 0.6 is 0 Å². The second-order valence-electron chi connectivity index (χ2n) is 5.31. The SMILES string of the molecule is CCN(CC)C(=O)C1CC(c2nccn2CC)CCN1. The third-order valence-electron chi connectivity index (χ3n) is 4.23. The molecule has 1 aromatic rings. The maximum atomic E-state index is 12.5. The van der Waals surface area contributed by atoms with Gasteiger partial charge in [0.2, 0.25) is 5.91 Å². The normalized spacial score (nSPS) is 22.8. The van der Waals surface area contributed by atoms with Crippen LogP contribution in [0, 0.1) is 0 Å². The van der Waals surface area contributed by atoms with Crippen LogP contribution in [0.15, 0.2) is 12.4 Å². The standard InChI is InChI=1S/C15H26N4O/c1-4-18(5-2)15(20)13-11-12(7-8-16-13)14-17-9-10-19(14)6-3/h9-10,12-13,16H,4-8,11H2,1-3H3. The van der Waals surface area contributed by atoms with Crippen molar-refractivity contribution >= 4 is 5.91 Å². The van der Waals surface area contributed by atoms with Crippen molar-refractivity contribution in [1.82, 2.24) is 19.8 Å². The molecule has 1 aliphatic heterocycles. The number of rotatable bonds is 5. The van der Waals surface area contributed by atoms with Crippen molar-refractivity contribution in [2.24, 2.45) is 0 Å². The highest BCUT2D eigenvalue weighted by molar-refractivity contribution is 5.82. The molecule has 5 heteroatoms. The van der Waals surface area contributed by atoms with Gasteiger partial charge in [0.1, 0.15) is 5.82 Å². The number of likely N-dealkylation sites (N-methyl/N-ethyl adjacent to an activating group) is 1. The Morgan fingerprint density at radius 1 is 1.45 bits per heavy atom. The highest BCUT2D eigenvalue weighted by Gasteiger charge is 2.31. The number of hydrogen-bond donors (Lipinski definition) is 1. The zero-order valence-corrected chi connectivity index (χ0v) is 12.8. The van der Waals surface area contributed by atoms with Gasteiger partial charge in [0.05, 0.1) is 6.04 Å². The summed E-state index contributed by atoms with van der Waals surface area (Å²) < 4.78 is 2.19. The molecule has 1 amide bonds. The van der Waals surface area contributed by atoms with Crippen molar-refractivity contribution in [3.63, 3.8) is 0 Å². The molecule has 2 heterocycles. The third kappa shape index (κ3) is 3.03. The molecule has 0 saturated carbocycles. The van der Waals surface area contributed by atoms with Crippen LogP contribution in [0.1, 0.15) is 45.4 Å². The van der Waals surface area contributed by atoms with E-state index in [4.69, 9.17) is 0 Å². The van der Waals surface area contributed by atoms with Crippen molar-refractivity contribution in [1.29, 1.82) is 0 Å². The van der Waals surface area contributed by atoms with Crippen LogP contribution in [0.25, 0.3) is 0 Å². The van der Waals surface area contributed by atoms with Gasteiger partial charge in [-0.3, -0.25) is 4.79 Å². The molecule has 0 spiro atoms. The minimum Gasteiger partial charge on any atom is -0.342 e. The van der Waals surface area contributed by atoms with Gasteiger partial charge in [-0.25, -0.2) is 4.98 Å². The Morgan fingerprint density at radius 3 is 2.85 bits per heavy atom. The molecule has 1 N–H and O–H groups in total. The first kappa shape index (κ1) is 15.0. The molecule has 1 fully saturated rings. The average molecular weight is 278 g/mol. The Balaban J connectivity index is 2.07. The molecule has 1 aromatic heterocycles. The Morgan fingerprint density at radius 2 is 2.20 bits per heavy atom. The lowest BCUT2D eigenvalue weighted by molar-refractivity contribution is -0.133. The zero-order chi connectivity index (χ0) is 14.5. The minimum atomic E-state index is -0.0596. The Labute approximate surface area is 121 Å². The van der Waals surface area contributed by atoms with Gasteiger partial charge >= 0.3 is 0 Å². The summed E-state index contributed by atoms with van der Waals surface area (Å²) >= 11 is 0. The Hall–Kier alpha value is -1.36. The van der Waals surface area contributed by atoms with E-state index >= 15 is 0 Å². The number of nitrogens with one attached hydrogen (secondary N) is 1. The van der Waals surface area contributed by atoms with E-state index in [2.05, 4.69) is 21.8 Å². The van der Waals surface area contributed by atoms with Gasteiger partial charge < -0.3 is 14.8 Å². The molecular weight excluding hydrogens is 252 g/mol. The van der Waals surface area contributed by atoms with Gasteiger partial charge in [0.15, 0.2) is 0 Å². The lowest BCUT2D eigenvalue weighted by atomic mass is 9.91. The van der Waals surface area contributed by atoms with Crippen molar-refractivity contribution in [2.75, 3.05) is 19.6 Å². The second kappa shape index (κ2) is 6.88. The molecule has 0 bridgehead atoms. The first-order valence-corrected chi connectivity index (χ1v) is 7.74. The topological polar surface area (TPSA) is 50.2 Å². The average Bonchev–Trinajstić information content (AvgIpc) is 2.97. The lowest BCUT2D eigenvalue weighted by Gasteiger charge is -2.32. The number of hydrogen-bond acceptors (Lipinski definition) is 3. The van der Waals surface area contributed by atoms with Crippen LogP contribution in [0.2, 0.25) is 0 Å². The summed E-state index contributed by atoms with van der Waals surface area (Å²) in [5.74, 6) is 1.75. The van der Waals surface area contributed by atoms with Crippen LogP contribution < -0.4 is 5.32 Å². The van der Waals surface area contributed by atoms with E-state index in [1.165, 1.54) is 0 Å². The van der Waals surface area contributed by atoms with Crippen molar-refractivity contribution in [3.05, 3.63) is 18.2 Å². The minimum absolute atomic E-state index is 0.0596. The maximum Gasteiger partial charge on any atom is 0.239 e. The zero-order valence-electron chi connectivity index (χ0n) is 12.8. The monoisotopic (exact) mass is 278 g/mol. The molecule has 1 aliphatic rings. The quantitative estimate of drug-likeness (QED) is 0.890. The highest BCUT2D eigenvalue weighted by atomic mass is 16.2. The van der Waals surface area contributed by atoms with E-state index in [0.29, 0.717) is 5.92 Å². The number of carbonyl (C=O) groups excluding carboxylic acids is 1. The molecule has 1 saturated heterocycles. The number of aryl methyl sites for hydroxylation is 1. The van der Waals surface area contributed by atoms with Gasteiger partial charge in [-0.15, -0.1) is 0 Å². The molecular formula is C15H26N4O. The second-order valence-corrected chi connectivity index (χ2v) is 5.31. The van der Waals surface area contributed by atoms with Crippen molar-refractivity contribution < 1.29 is 4.79 Å². The summed E-state index contributed by atoms with van der Waals surface area (Å²) in [5, 5.41) is 3.37. The molecule has 0 aromatic carbocycles. The highest BCUT2D eigenvalue weighted by Crippen LogP contribution is 2.27. The van der Waals surface area contributed by atoms with Crippen molar-refractivity contribution in [3.8, 4) is 0 Å². The summed E-state index contributed by atoms with van der Waals surface area (Å²) in [5.41, 5.74) is 0. The van der Waals surface area contributed by atoms with Crippen molar-refractivity contribution in [2.45, 2.75) is 52.1 Å². The molecule has 2 atom stereocenters. The van der Waals surface area contributed by atoms with Gasteiger partial charge in [-0.1, -0.05) is 0 Å². The van der Waals surface area contributed by atoms with Gasteiger partial charge in [0, 0.05) is 37.9 Å². The number of amides is 1. The smallest absolute Gasteiger partial charge is 0.239 e. The van der Waals surface area contributed by atoms with E-state index in [9.17, 15) is 4.79 Å². The fourth-order valence-corrected chi connectivity index (χ4v) is 3.04. The van der Waals surface area contributed by atoms with Crippen LogP contribution in [0.3, 0.4) is 0 Å². The molecule has 0 radical (unpaired) electrons. The molecule has 2 unspecified atom stereocenters. The fourth-order valence-electron chi connectivity index (χ4n) is 3.04.